The lowest BCUT2D eigenvalue weighted by molar-refractivity contribution is -0.123. The third-order valence-electron chi connectivity index (χ3n) is 3.91. The number of rotatable bonds is 2. The molecule has 2 aromatic carbocycles. The lowest BCUT2D eigenvalue weighted by Gasteiger charge is -2.33. The standard InChI is InChI=1S/C17H15Cl2NO/c18-13-6-4-11(5-7-13)17-15(8-9-16(21)20-17)12-2-1-3-14(19)10-12/h1-7,10,15,17H,8-9H2,(H,20,21)/t15-,17-/m1/s1. The first-order valence-corrected chi connectivity index (χ1v) is 7.69. The number of amides is 1. The molecule has 1 heterocycles. The summed E-state index contributed by atoms with van der Waals surface area (Å²) in [4.78, 5) is 11.8. The predicted molar refractivity (Wildman–Crippen MR) is 85.8 cm³/mol. The van der Waals surface area contributed by atoms with Gasteiger partial charge in [0.15, 0.2) is 0 Å². The van der Waals surface area contributed by atoms with Gasteiger partial charge in [-0.15, -0.1) is 0 Å². The van der Waals surface area contributed by atoms with Crippen LogP contribution in [-0.2, 0) is 4.79 Å². The summed E-state index contributed by atoms with van der Waals surface area (Å²) in [5.74, 6) is 0.316. The van der Waals surface area contributed by atoms with E-state index in [1.54, 1.807) is 0 Å². The molecule has 1 aliphatic heterocycles. The van der Waals surface area contributed by atoms with Crippen LogP contribution in [-0.4, -0.2) is 5.91 Å². The van der Waals surface area contributed by atoms with E-state index in [2.05, 4.69) is 11.4 Å². The summed E-state index contributed by atoms with van der Waals surface area (Å²) in [6, 6.07) is 15.5. The third kappa shape index (κ3) is 3.22. The molecule has 0 radical (unpaired) electrons. The van der Waals surface area contributed by atoms with Crippen LogP contribution in [0.4, 0.5) is 0 Å². The number of hydrogen-bond acceptors (Lipinski definition) is 1. The Balaban J connectivity index is 1.96. The van der Waals surface area contributed by atoms with Gasteiger partial charge in [-0.05, 0) is 41.8 Å². The molecule has 0 bridgehead atoms. The van der Waals surface area contributed by atoms with Crippen LogP contribution < -0.4 is 5.32 Å². The van der Waals surface area contributed by atoms with Gasteiger partial charge in [0.05, 0.1) is 6.04 Å². The second kappa shape index (κ2) is 6.08. The third-order valence-corrected chi connectivity index (χ3v) is 4.39. The van der Waals surface area contributed by atoms with Crippen molar-refractivity contribution in [1.29, 1.82) is 0 Å². The van der Waals surface area contributed by atoms with Crippen LogP contribution in [0.5, 0.6) is 0 Å². The number of hydrogen-bond donors (Lipinski definition) is 1. The number of halogens is 2. The molecule has 2 aromatic rings. The molecule has 3 rings (SSSR count). The van der Waals surface area contributed by atoms with Crippen molar-refractivity contribution in [2.75, 3.05) is 0 Å². The van der Waals surface area contributed by atoms with Crippen LogP contribution >= 0.6 is 23.2 Å². The number of piperidine rings is 1. The van der Waals surface area contributed by atoms with Crippen LogP contribution in [0.1, 0.15) is 35.9 Å². The van der Waals surface area contributed by atoms with Crippen molar-refractivity contribution >= 4 is 29.1 Å². The molecule has 0 saturated carbocycles. The lowest BCUT2D eigenvalue weighted by Crippen LogP contribution is -2.37. The molecule has 1 saturated heterocycles. The molecule has 0 aliphatic carbocycles. The Kier molecular flexibility index (Phi) is 4.18. The van der Waals surface area contributed by atoms with Crippen molar-refractivity contribution in [3.05, 3.63) is 69.7 Å². The van der Waals surface area contributed by atoms with Crippen LogP contribution in [0, 0.1) is 0 Å². The fourth-order valence-electron chi connectivity index (χ4n) is 2.88. The van der Waals surface area contributed by atoms with Gasteiger partial charge in [0.2, 0.25) is 5.91 Å². The van der Waals surface area contributed by atoms with E-state index in [1.807, 2.05) is 42.5 Å². The second-order valence-electron chi connectivity index (χ2n) is 5.30. The minimum absolute atomic E-state index is 0.0398. The van der Waals surface area contributed by atoms with Crippen molar-refractivity contribution in [2.24, 2.45) is 0 Å². The molecule has 0 unspecified atom stereocenters. The van der Waals surface area contributed by atoms with Gasteiger partial charge in [-0.1, -0.05) is 47.5 Å². The molecular formula is C17H15Cl2NO. The normalized spacial score (nSPS) is 21.9. The summed E-state index contributed by atoms with van der Waals surface area (Å²) in [5.41, 5.74) is 2.22. The number of carbonyl (C=O) groups excluding carboxylic acids is 1. The fourth-order valence-corrected chi connectivity index (χ4v) is 3.21. The minimum Gasteiger partial charge on any atom is -0.349 e. The van der Waals surface area contributed by atoms with E-state index < -0.39 is 0 Å². The van der Waals surface area contributed by atoms with Crippen LogP contribution in [0.15, 0.2) is 48.5 Å². The highest BCUT2D eigenvalue weighted by molar-refractivity contribution is 6.30. The molecule has 2 nitrogen and oxygen atoms in total. The SMILES string of the molecule is O=C1CC[C@H](c2cccc(Cl)c2)[C@@H](c2ccc(Cl)cc2)N1. The zero-order valence-electron chi connectivity index (χ0n) is 11.4. The van der Waals surface area contributed by atoms with Gasteiger partial charge in [0, 0.05) is 22.4 Å². The maximum atomic E-state index is 11.8. The van der Waals surface area contributed by atoms with Crippen LogP contribution in [0.2, 0.25) is 10.0 Å². The highest BCUT2D eigenvalue weighted by Gasteiger charge is 2.31. The maximum Gasteiger partial charge on any atom is 0.220 e. The second-order valence-corrected chi connectivity index (χ2v) is 6.17. The molecule has 1 amide bonds. The van der Waals surface area contributed by atoms with Crippen molar-refractivity contribution in [1.82, 2.24) is 5.32 Å². The lowest BCUT2D eigenvalue weighted by atomic mass is 9.81. The number of nitrogens with one attached hydrogen (secondary N) is 1. The maximum absolute atomic E-state index is 11.8. The van der Waals surface area contributed by atoms with Crippen molar-refractivity contribution in [3.63, 3.8) is 0 Å². The zero-order valence-corrected chi connectivity index (χ0v) is 12.9. The molecule has 2 atom stereocenters. The van der Waals surface area contributed by atoms with Gasteiger partial charge in [-0.3, -0.25) is 4.79 Å². The van der Waals surface area contributed by atoms with E-state index in [9.17, 15) is 4.79 Å². The summed E-state index contributed by atoms with van der Waals surface area (Å²) in [6.07, 6.45) is 1.36. The van der Waals surface area contributed by atoms with Crippen LogP contribution in [0.25, 0.3) is 0 Å². The van der Waals surface area contributed by atoms with E-state index in [-0.39, 0.29) is 17.9 Å². The van der Waals surface area contributed by atoms with Gasteiger partial charge in [-0.2, -0.15) is 0 Å². The smallest absolute Gasteiger partial charge is 0.220 e. The summed E-state index contributed by atoms with van der Waals surface area (Å²) >= 11 is 12.1. The Labute approximate surface area is 134 Å². The summed E-state index contributed by atoms with van der Waals surface area (Å²) in [7, 11) is 0. The first-order chi connectivity index (χ1) is 10.1. The predicted octanol–water partition coefficient (Wildman–Crippen LogP) is 4.73. The summed E-state index contributed by atoms with van der Waals surface area (Å²) in [5, 5.41) is 4.51. The Morgan fingerprint density at radius 1 is 0.952 bits per heavy atom. The monoisotopic (exact) mass is 319 g/mol. The van der Waals surface area contributed by atoms with Gasteiger partial charge in [0.1, 0.15) is 0 Å². The summed E-state index contributed by atoms with van der Waals surface area (Å²) in [6.45, 7) is 0. The van der Waals surface area contributed by atoms with E-state index in [4.69, 9.17) is 23.2 Å². The average Bonchev–Trinajstić information content (AvgIpc) is 2.48. The fraction of sp³-hybridized carbons (Fsp3) is 0.235. The van der Waals surface area contributed by atoms with E-state index in [0.29, 0.717) is 11.4 Å². The Morgan fingerprint density at radius 2 is 1.71 bits per heavy atom. The first-order valence-electron chi connectivity index (χ1n) is 6.94. The van der Waals surface area contributed by atoms with Crippen molar-refractivity contribution in [3.8, 4) is 0 Å². The van der Waals surface area contributed by atoms with Crippen molar-refractivity contribution in [2.45, 2.75) is 24.8 Å². The first kappa shape index (κ1) is 14.4. The van der Waals surface area contributed by atoms with Gasteiger partial charge < -0.3 is 5.32 Å². The van der Waals surface area contributed by atoms with Gasteiger partial charge in [-0.25, -0.2) is 0 Å². The Bertz CT molecular complexity index is 654. The highest BCUT2D eigenvalue weighted by Crippen LogP contribution is 2.38. The molecule has 21 heavy (non-hydrogen) atoms. The van der Waals surface area contributed by atoms with E-state index >= 15 is 0 Å². The van der Waals surface area contributed by atoms with Gasteiger partial charge in [0.25, 0.3) is 0 Å². The minimum atomic E-state index is -0.0398. The molecule has 0 aromatic heterocycles. The molecule has 0 spiro atoms. The average molecular weight is 320 g/mol. The van der Waals surface area contributed by atoms with Gasteiger partial charge >= 0.3 is 0 Å². The Morgan fingerprint density at radius 3 is 2.43 bits per heavy atom. The molecule has 1 aliphatic rings. The van der Waals surface area contributed by atoms with E-state index in [0.717, 1.165) is 22.6 Å². The zero-order chi connectivity index (χ0) is 14.8. The molecule has 1 fully saturated rings. The topological polar surface area (TPSA) is 29.1 Å². The highest BCUT2D eigenvalue weighted by atomic mass is 35.5. The molecular weight excluding hydrogens is 305 g/mol. The van der Waals surface area contributed by atoms with E-state index in [1.165, 1.54) is 0 Å². The molecule has 1 N–H and O–H groups in total. The van der Waals surface area contributed by atoms with Crippen molar-refractivity contribution < 1.29 is 4.79 Å². The summed E-state index contributed by atoms with van der Waals surface area (Å²) < 4.78 is 0. The Hall–Kier alpha value is -1.51. The number of carbonyl (C=O) groups is 1. The number of benzene rings is 2. The van der Waals surface area contributed by atoms with Crippen LogP contribution in [0.3, 0.4) is 0 Å². The molecule has 4 heteroatoms. The largest absolute Gasteiger partial charge is 0.349 e. The molecule has 108 valence electrons. The quantitative estimate of drug-likeness (QED) is 0.852.